The first-order valence-corrected chi connectivity index (χ1v) is 11.6. The van der Waals surface area contributed by atoms with E-state index in [4.69, 9.17) is 4.52 Å². The van der Waals surface area contributed by atoms with Crippen molar-refractivity contribution in [3.05, 3.63) is 81.6 Å². The van der Waals surface area contributed by atoms with Gasteiger partial charge in [0, 0.05) is 62.9 Å². The Kier molecular flexibility index (Phi) is 7.82. The van der Waals surface area contributed by atoms with Gasteiger partial charge in [0.15, 0.2) is 0 Å². The van der Waals surface area contributed by atoms with Crippen LogP contribution >= 0.6 is 0 Å². The maximum Gasteiger partial charge on any atom is 0.416 e. The molecule has 4 rings (SSSR count). The van der Waals surface area contributed by atoms with Crippen LogP contribution in [0.2, 0.25) is 0 Å². The van der Waals surface area contributed by atoms with Gasteiger partial charge in [-0.25, -0.2) is 0 Å². The Bertz CT molecular complexity index is 1140. The van der Waals surface area contributed by atoms with Gasteiger partial charge in [-0.15, -0.1) is 0 Å². The number of nitro benzene ring substituents is 1. The number of nitrogens with zero attached hydrogens (tertiary/aromatic N) is 4. The highest BCUT2D eigenvalue weighted by molar-refractivity contribution is 5.62. The average Bonchev–Trinajstić information content (AvgIpc) is 3.32. The van der Waals surface area contributed by atoms with Gasteiger partial charge in [0.2, 0.25) is 0 Å². The summed E-state index contributed by atoms with van der Waals surface area (Å²) in [5.41, 5.74) is 1.00. The number of halogens is 3. The van der Waals surface area contributed by atoms with E-state index in [1.807, 2.05) is 6.07 Å². The first-order valence-electron chi connectivity index (χ1n) is 11.6. The van der Waals surface area contributed by atoms with Crippen LogP contribution in [0.3, 0.4) is 0 Å². The lowest BCUT2D eigenvalue weighted by Gasteiger charge is -2.35. The van der Waals surface area contributed by atoms with E-state index in [0.717, 1.165) is 63.8 Å². The van der Waals surface area contributed by atoms with Crippen molar-refractivity contribution in [1.82, 2.24) is 15.0 Å². The van der Waals surface area contributed by atoms with Crippen LogP contribution in [0.25, 0.3) is 11.3 Å². The van der Waals surface area contributed by atoms with E-state index in [9.17, 15) is 23.3 Å². The summed E-state index contributed by atoms with van der Waals surface area (Å²) in [5, 5.41) is 15.0. The molecular formula is C25H27F3N4O3. The molecule has 35 heavy (non-hydrogen) atoms. The van der Waals surface area contributed by atoms with Gasteiger partial charge in [-0.1, -0.05) is 35.5 Å². The molecule has 1 fully saturated rings. The Balaban J connectivity index is 1.19. The normalized spacial score (nSPS) is 15.4. The van der Waals surface area contributed by atoms with Crippen molar-refractivity contribution in [3.63, 3.8) is 0 Å². The Labute approximate surface area is 201 Å². The van der Waals surface area contributed by atoms with Crippen molar-refractivity contribution in [2.24, 2.45) is 0 Å². The number of rotatable bonds is 9. The number of non-ortho nitro benzene ring substituents is 1. The van der Waals surface area contributed by atoms with Gasteiger partial charge in [0.1, 0.15) is 11.5 Å². The predicted octanol–water partition coefficient (Wildman–Crippen LogP) is 5.41. The van der Waals surface area contributed by atoms with Crippen LogP contribution in [-0.4, -0.2) is 52.6 Å². The van der Waals surface area contributed by atoms with Crippen molar-refractivity contribution in [3.8, 4) is 11.3 Å². The van der Waals surface area contributed by atoms with Crippen molar-refractivity contribution < 1.29 is 22.6 Å². The number of benzene rings is 2. The van der Waals surface area contributed by atoms with Gasteiger partial charge < -0.3 is 9.42 Å². The molecule has 0 radical (unpaired) electrons. The summed E-state index contributed by atoms with van der Waals surface area (Å²) in [4.78, 5) is 14.9. The van der Waals surface area contributed by atoms with Gasteiger partial charge in [-0.2, -0.15) is 13.2 Å². The molecule has 1 aliphatic heterocycles. The van der Waals surface area contributed by atoms with Crippen LogP contribution in [0.15, 0.2) is 59.1 Å². The summed E-state index contributed by atoms with van der Waals surface area (Å²) >= 11 is 0. The number of hydrogen-bond acceptors (Lipinski definition) is 6. The predicted molar refractivity (Wildman–Crippen MR) is 125 cm³/mol. The lowest BCUT2D eigenvalue weighted by atomic mass is 10.1. The molecule has 7 nitrogen and oxygen atoms in total. The second-order valence-electron chi connectivity index (χ2n) is 8.72. The monoisotopic (exact) mass is 488 g/mol. The summed E-state index contributed by atoms with van der Waals surface area (Å²) in [6, 6.07) is 13.9. The fraction of sp³-hybridized carbons (Fsp3) is 0.400. The number of unbranched alkanes of at least 4 members (excludes halogenated alkanes) is 1. The molecule has 2 aromatic carbocycles. The third kappa shape index (κ3) is 6.67. The maximum atomic E-state index is 13.2. The summed E-state index contributed by atoms with van der Waals surface area (Å²) < 4.78 is 45.1. The first-order chi connectivity index (χ1) is 16.8. The molecule has 0 amide bonds. The molecular weight excluding hydrogens is 461 g/mol. The van der Waals surface area contributed by atoms with Crippen molar-refractivity contribution >= 4 is 5.69 Å². The number of hydrogen-bond donors (Lipinski definition) is 0. The van der Waals surface area contributed by atoms with E-state index in [2.05, 4.69) is 15.0 Å². The highest BCUT2D eigenvalue weighted by atomic mass is 19.4. The fourth-order valence-electron chi connectivity index (χ4n) is 4.33. The van der Waals surface area contributed by atoms with Crippen molar-refractivity contribution in [2.45, 2.75) is 32.0 Å². The minimum atomic E-state index is -4.33. The van der Waals surface area contributed by atoms with Gasteiger partial charge in [0.25, 0.3) is 5.69 Å². The zero-order valence-electron chi connectivity index (χ0n) is 19.2. The molecule has 3 aromatic rings. The fourth-order valence-corrected chi connectivity index (χ4v) is 4.33. The standard InChI is InChI=1S/C25H27F3N4O3/c26-25(27,28)23-10-2-1-6-20(23)18-31-14-12-30(13-15-31)11-4-3-9-22-17-24(29-35-22)19-7-5-8-21(16-19)32(33)34/h1-2,5-8,10,16-17H,3-4,9,11-15,18H2. The van der Waals surface area contributed by atoms with Crippen molar-refractivity contribution in [1.29, 1.82) is 0 Å². The van der Waals surface area contributed by atoms with Gasteiger partial charge in [-0.05, 0) is 31.0 Å². The Morgan fingerprint density at radius 1 is 0.971 bits per heavy atom. The highest BCUT2D eigenvalue weighted by Gasteiger charge is 2.33. The lowest BCUT2D eigenvalue weighted by molar-refractivity contribution is -0.384. The van der Waals surface area contributed by atoms with Crippen LogP contribution < -0.4 is 0 Å². The van der Waals surface area contributed by atoms with Crippen LogP contribution in [0.5, 0.6) is 0 Å². The minimum absolute atomic E-state index is 0.0108. The molecule has 0 unspecified atom stereocenters. The number of nitro groups is 1. The largest absolute Gasteiger partial charge is 0.416 e. The lowest BCUT2D eigenvalue weighted by Crippen LogP contribution is -2.46. The number of piperazine rings is 1. The molecule has 0 atom stereocenters. The second kappa shape index (κ2) is 11.0. The maximum absolute atomic E-state index is 13.2. The van der Waals surface area contributed by atoms with Crippen LogP contribution in [0.1, 0.15) is 29.7 Å². The van der Waals surface area contributed by atoms with Gasteiger partial charge in [0.05, 0.1) is 10.5 Å². The first kappa shape index (κ1) is 24.9. The molecule has 2 heterocycles. The summed E-state index contributed by atoms with van der Waals surface area (Å²) in [6.07, 6.45) is -1.75. The van der Waals surface area contributed by atoms with E-state index in [1.54, 1.807) is 24.3 Å². The Hall–Kier alpha value is -3.24. The second-order valence-corrected chi connectivity index (χ2v) is 8.72. The van der Waals surface area contributed by atoms with Crippen LogP contribution in [-0.2, 0) is 19.1 Å². The van der Waals surface area contributed by atoms with E-state index in [1.165, 1.54) is 18.2 Å². The highest BCUT2D eigenvalue weighted by Crippen LogP contribution is 2.32. The van der Waals surface area contributed by atoms with E-state index < -0.39 is 16.7 Å². The van der Waals surface area contributed by atoms with Crippen molar-refractivity contribution in [2.75, 3.05) is 32.7 Å². The summed E-state index contributed by atoms with van der Waals surface area (Å²) in [6.45, 7) is 4.35. The Morgan fingerprint density at radius 3 is 2.46 bits per heavy atom. The third-order valence-corrected chi connectivity index (χ3v) is 6.24. The number of alkyl halides is 3. The zero-order chi connectivity index (χ0) is 24.8. The zero-order valence-corrected chi connectivity index (χ0v) is 19.2. The summed E-state index contributed by atoms with van der Waals surface area (Å²) in [7, 11) is 0. The Morgan fingerprint density at radius 2 is 1.71 bits per heavy atom. The van der Waals surface area contributed by atoms with E-state index in [-0.39, 0.29) is 5.69 Å². The molecule has 0 saturated carbocycles. The average molecular weight is 489 g/mol. The smallest absolute Gasteiger partial charge is 0.361 e. The molecule has 0 bridgehead atoms. The minimum Gasteiger partial charge on any atom is -0.361 e. The number of aryl methyl sites for hydroxylation is 1. The van der Waals surface area contributed by atoms with Gasteiger partial charge >= 0.3 is 6.18 Å². The molecule has 1 aromatic heterocycles. The molecule has 10 heteroatoms. The quantitative estimate of drug-likeness (QED) is 0.228. The molecule has 0 aliphatic carbocycles. The number of aromatic nitrogens is 1. The molecule has 0 N–H and O–H groups in total. The molecule has 1 saturated heterocycles. The topological polar surface area (TPSA) is 75.7 Å². The molecule has 186 valence electrons. The molecule has 1 aliphatic rings. The molecule has 0 spiro atoms. The third-order valence-electron chi connectivity index (χ3n) is 6.24. The van der Waals surface area contributed by atoms with E-state index in [0.29, 0.717) is 23.4 Å². The SMILES string of the molecule is O=[N+]([O-])c1cccc(-c2cc(CCCCN3CCN(Cc4ccccc4C(F)(F)F)CC3)on2)c1. The van der Waals surface area contributed by atoms with E-state index >= 15 is 0 Å². The summed E-state index contributed by atoms with van der Waals surface area (Å²) in [5.74, 6) is 0.736. The van der Waals surface area contributed by atoms with Crippen LogP contribution in [0.4, 0.5) is 18.9 Å². The van der Waals surface area contributed by atoms with Gasteiger partial charge in [-0.3, -0.25) is 15.0 Å². The van der Waals surface area contributed by atoms with Crippen LogP contribution in [0, 0.1) is 10.1 Å².